The highest BCUT2D eigenvalue weighted by Gasteiger charge is 2.22. The second-order valence-electron chi connectivity index (χ2n) is 2.70. The van der Waals surface area contributed by atoms with Crippen molar-refractivity contribution in [3.05, 3.63) is 12.2 Å². The van der Waals surface area contributed by atoms with Crippen LogP contribution in [0.3, 0.4) is 0 Å². The smallest absolute Gasteiger partial charge is 0.335 e. The summed E-state index contributed by atoms with van der Waals surface area (Å²) in [6, 6.07) is 0. The Morgan fingerprint density at radius 2 is 2.18 bits per heavy atom. The summed E-state index contributed by atoms with van der Waals surface area (Å²) in [5.41, 5.74) is 0.290. The maximum Gasteiger partial charge on any atom is 0.335 e. The molecule has 0 aromatic rings. The molecule has 0 rings (SSSR count). The van der Waals surface area contributed by atoms with Crippen molar-refractivity contribution in [2.75, 3.05) is 0 Å². The van der Waals surface area contributed by atoms with Gasteiger partial charge in [0.2, 0.25) is 5.79 Å². The van der Waals surface area contributed by atoms with E-state index >= 15 is 0 Å². The zero-order valence-electron chi connectivity index (χ0n) is 7.18. The van der Waals surface area contributed by atoms with Crippen molar-refractivity contribution in [1.29, 1.82) is 0 Å². The van der Waals surface area contributed by atoms with Crippen molar-refractivity contribution in [3.8, 4) is 0 Å². The number of carbonyl (C=O) groups excluding carboxylic acids is 1. The lowest BCUT2D eigenvalue weighted by Crippen LogP contribution is -2.30. The summed E-state index contributed by atoms with van der Waals surface area (Å²) >= 11 is 0. The van der Waals surface area contributed by atoms with Crippen LogP contribution in [0.5, 0.6) is 0 Å². The van der Waals surface area contributed by atoms with E-state index in [-0.39, 0.29) is 0 Å². The largest absolute Gasteiger partial charge is 0.430 e. The highest BCUT2D eigenvalue weighted by Crippen LogP contribution is 2.11. The van der Waals surface area contributed by atoms with E-state index in [4.69, 9.17) is 0 Å². The molecule has 3 heteroatoms. The molecule has 0 aliphatic rings. The molecule has 0 saturated carbocycles. The van der Waals surface area contributed by atoms with Crippen molar-refractivity contribution < 1.29 is 14.6 Å². The Balaban J connectivity index is 4.04. The van der Waals surface area contributed by atoms with Crippen LogP contribution in [0, 0.1) is 0 Å². The van der Waals surface area contributed by atoms with Crippen LogP contribution in [0.25, 0.3) is 0 Å². The zero-order chi connectivity index (χ0) is 9.07. The summed E-state index contributed by atoms with van der Waals surface area (Å²) in [5, 5.41) is 9.26. The van der Waals surface area contributed by atoms with Gasteiger partial charge in [-0.1, -0.05) is 13.5 Å². The Kier molecular flexibility index (Phi) is 3.26. The summed E-state index contributed by atoms with van der Waals surface area (Å²) in [7, 11) is 0. The molecule has 0 saturated heterocycles. The van der Waals surface area contributed by atoms with Gasteiger partial charge in [-0.25, -0.2) is 4.79 Å². The fraction of sp³-hybridized carbons (Fsp3) is 0.625. The number of ether oxygens (including phenoxy) is 1. The van der Waals surface area contributed by atoms with E-state index in [1.807, 2.05) is 0 Å². The molecule has 0 heterocycles. The first kappa shape index (κ1) is 10.2. The number of rotatable bonds is 3. The van der Waals surface area contributed by atoms with Gasteiger partial charge < -0.3 is 9.84 Å². The van der Waals surface area contributed by atoms with Gasteiger partial charge in [0, 0.05) is 18.9 Å². The molecule has 11 heavy (non-hydrogen) atoms. The molecular formula is C8H14O3. The monoisotopic (exact) mass is 158 g/mol. The molecule has 64 valence electrons. The second kappa shape index (κ2) is 3.53. The topological polar surface area (TPSA) is 46.5 Å². The van der Waals surface area contributed by atoms with Crippen LogP contribution in [0.1, 0.15) is 27.2 Å². The Morgan fingerprint density at radius 1 is 1.73 bits per heavy atom. The molecule has 1 unspecified atom stereocenters. The van der Waals surface area contributed by atoms with Crippen molar-refractivity contribution in [3.63, 3.8) is 0 Å². The zero-order valence-corrected chi connectivity index (χ0v) is 7.18. The third-order valence-corrected chi connectivity index (χ3v) is 1.32. The molecule has 0 spiro atoms. The molecule has 3 nitrogen and oxygen atoms in total. The van der Waals surface area contributed by atoms with Crippen LogP contribution < -0.4 is 0 Å². The third-order valence-electron chi connectivity index (χ3n) is 1.32. The lowest BCUT2D eigenvalue weighted by atomic mass is 10.2. The number of hydrogen-bond acceptors (Lipinski definition) is 3. The van der Waals surface area contributed by atoms with Gasteiger partial charge in [0.15, 0.2) is 0 Å². The van der Waals surface area contributed by atoms with Gasteiger partial charge in [0.25, 0.3) is 0 Å². The van der Waals surface area contributed by atoms with Crippen LogP contribution in [0.4, 0.5) is 0 Å². The van der Waals surface area contributed by atoms with Crippen molar-refractivity contribution >= 4 is 5.97 Å². The molecule has 0 bridgehead atoms. The molecule has 0 aromatic carbocycles. The molecule has 0 aliphatic heterocycles. The van der Waals surface area contributed by atoms with Gasteiger partial charge in [-0.15, -0.1) is 0 Å². The minimum Gasteiger partial charge on any atom is -0.430 e. The van der Waals surface area contributed by atoms with Gasteiger partial charge in [0.1, 0.15) is 0 Å². The predicted octanol–water partition coefficient (Wildman–Crippen LogP) is 1.22. The SMILES string of the molecule is C=C(C)C(=O)OC(C)(O)CC. The first-order chi connectivity index (χ1) is 4.89. The molecule has 0 fully saturated rings. The number of esters is 1. The van der Waals surface area contributed by atoms with Crippen LogP contribution in [0.2, 0.25) is 0 Å². The van der Waals surface area contributed by atoms with Gasteiger partial charge in [0.05, 0.1) is 0 Å². The molecule has 0 aliphatic carbocycles. The highest BCUT2D eigenvalue weighted by atomic mass is 16.7. The molecule has 1 N–H and O–H groups in total. The number of hydrogen-bond donors (Lipinski definition) is 1. The van der Waals surface area contributed by atoms with E-state index in [9.17, 15) is 9.90 Å². The van der Waals surface area contributed by atoms with Crippen LogP contribution in [0.15, 0.2) is 12.2 Å². The van der Waals surface area contributed by atoms with Crippen LogP contribution in [-0.2, 0) is 9.53 Å². The third kappa shape index (κ3) is 3.78. The normalized spacial score (nSPS) is 15.3. The van der Waals surface area contributed by atoms with E-state index in [1.54, 1.807) is 6.92 Å². The summed E-state index contributed by atoms with van der Waals surface area (Å²) in [5.74, 6) is -1.92. The predicted molar refractivity (Wildman–Crippen MR) is 41.8 cm³/mol. The van der Waals surface area contributed by atoms with Gasteiger partial charge in [-0.2, -0.15) is 0 Å². The molecular weight excluding hydrogens is 144 g/mol. The van der Waals surface area contributed by atoms with E-state index < -0.39 is 11.8 Å². The summed E-state index contributed by atoms with van der Waals surface area (Å²) in [6.07, 6.45) is 0.367. The Bertz CT molecular complexity index is 170. The highest BCUT2D eigenvalue weighted by molar-refractivity contribution is 5.87. The van der Waals surface area contributed by atoms with E-state index in [1.165, 1.54) is 13.8 Å². The summed E-state index contributed by atoms with van der Waals surface area (Å²) < 4.78 is 4.67. The molecule has 0 radical (unpaired) electrons. The second-order valence-corrected chi connectivity index (χ2v) is 2.70. The average molecular weight is 158 g/mol. The molecule has 0 aromatic heterocycles. The first-order valence-electron chi connectivity index (χ1n) is 3.50. The lowest BCUT2D eigenvalue weighted by molar-refractivity contribution is -0.198. The van der Waals surface area contributed by atoms with Gasteiger partial charge >= 0.3 is 5.97 Å². The first-order valence-corrected chi connectivity index (χ1v) is 3.50. The van der Waals surface area contributed by atoms with Crippen molar-refractivity contribution in [2.24, 2.45) is 0 Å². The Hall–Kier alpha value is -0.830. The maximum atomic E-state index is 10.8. The quantitative estimate of drug-likeness (QED) is 0.381. The fourth-order valence-electron chi connectivity index (χ4n) is 0.359. The standard InChI is InChI=1S/C8H14O3/c1-5-8(4,10)11-7(9)6(2)3/h10H,2,5H2,1,3-4H3. The van der Waals surface area contributed by atoms with Gasteiger partial charge in [-0.3, -0.25) is 0 Å². The van der Waals surface area contributed by atoms with E-state index in [0.717, 1.165) is 0 Å². The fourth-order valence-corrected chi connectivity index (χ4v) is 0.359. The van der Waals surface area contributed by atoms with Crippen molar-refractivity contribution in [2.45, 2.75) is 33.0 Å². The van der Waals surface area contributed by atoms with E-state index in [2.05, 4.69) is 11.3 Å². The minimum absolute atomic E-state index is 0.290. The molecule has 0 amide bonds. The number of aliphatic hydroxyl groups is 1. The summed E-state index contributed by atoms with van der Waals surface area (Å²) in [6.45, 7) is 8.09. The van der Waals surface area contributed by atoms with E-state index in [0.29, 0.717) is 12.0 Å². The Morgan fingerprint density at radius 3 is 2.45 bits per heavy atom. The summed E-state index contributed by atoms with van der Waals surface area (Å²) in [4.78, 5) is 10.8. The number of carbonyl (C=O) groups is 1. The Labute approximate surface area is 66.7 Å². The van der Waals surface area contributed by atoms with Crippen molar-refractivity contribution in [1.82, 2.24) is 0 Å². The lowest BCUT2D eigenvalue weighted by Gasteiger charge is -2.21. The average Bonchev–Trinajstić information content (AvgIpc) is 1.87. The van der Waals surface area contributed by atoms with Crippen LogP contribution in [-0.4, -0.2) is 16.9 Å². The van der Waals surface area contributed by atoms with Crippen LogP contribution >= 0.6 is 0 Å². The maximum absolute atomic E-state index is 10.8. The minimum atomic E-state index is -1.37. The molecule has 1 atom stereocenters. The van der Waals surface area contributed by atoms with Gasteiger partial charge in [-0.05, 0) is 6.92 Å².